The molecule has 0 amide bonds. The van der Waals surface area contributed by atoms with Crippen LogP contribution in [0.2, 0.25) is 0 Å². The predicted octanol–water partition coefficient (Wildman–Crippen LogP) is 4.00. The number of aliphatic hydroxyl groups is 1. The molecule has 0 saturated carbocycles. The molecule has 1 N–H and O–H groups in total. The van der Waals surface area contributed by atoms with E-state index in [9.17, 15) is 13.9 Å². The fourth-order valence-electron chi connectivity index (χ4n) is 2.08. The van der Waals surface area contributed by atoms with Gasteiger partial charge in [-0.15, -0.1) is 0 Å². The Morgan fingerprint density at radius 3 is 2.18 bits per heavy atom. The van der Waals surface area contributed by atoms with Crippen LogP contribution in [-0.4, -0.2) is 12.2 Å². The SMILES string of the molecule is CC[C@H](O)c1ccc(OCc2cc(F)c(OC)c(F)c2)cc1. The van der Waals surface area contributed by atoms with Crippen molar-refractivity contribution < 1.29 is 23.4 Å². The molecule has 0 aliphatic heterocycles. The molecule has 0 fully saturated rings. The first kappa shape index (κ1) is 16.2. The summed E-state index contributed by atoms with van der Waals surface area (Å²) in [5, 5.41) is 9.70. The summed E-state index contributed by atoms with van der Waals surface area (Å²) in [5.74, 6) is -1.37. The molecule has 0 bridgehead atoms. The zero-order chi connectivity index (χ0) is 16.1. The van der Waals surface area contributed by atoms with Crippen LogP contribution in [0.5, 0.6) is 11.5 Å². The van der Waals surface area contributed by atoms with Crippen LogP contribution in [0.3, 0.4) is 0 Å². The van der Waals surface area contributed by atoms with Gasteiger partial charge in [0.2, 0.25) is 0 Å². The number of ether oxygens (including phenoxy) is 2. The molecular weight excluding hydrogens is 290 g/mol. The highest BCUT2D eigenvalue weighted by Gasteiger charge is 2.12. The molecular formula is C17H18F2O3. The van der Waals surface area contributed by atoms with Crippen molar-refractivity contribution in [3.05, 3.63) is 59.2 Å². The maximum atomic E-state index is 13.6. The molecule has 0 aliphatic rings. The quantitative estimate of drug-likeness (QED) is 0.877. The molecule has 2 rings (SSSR count). The molecule has 3 nitrogen and oxygen atoms in total. The Morgan fingerprint density at radius 1 is 1.09 bits per heavy atom. The van der Waals surface area contributed by atoms with E-state index in [1.54, 1.807) is 24.3 Å². The summed E-state index contributed by atoms with van der Waals surface area (Å²) >= 11 is 0. The van der Waals surface area contributed by atoms with Crippen molar-refractivity contribution in [2.75, 3.05) is 7.11 Å². The highest BCUT2D eigenvalue weighted by atomic mass is 19.1. The third kappa shape index (κ3) is 3.74. The number of hydrogen-bond donors (Lipinski definition) is 1. The van der Waals surface area contributed by atoms with Gasteiger partial charge in [-0.05, 0) is 41.8 Å². The molecule has 0 radical (unpaired) electrons. The summed E-state index contributed by atoms with van der Waals surface area (Å²) in [6.07, 6.45) is 0.128. The fraction of sp³-hybridized carbons (Fsp3) is 0.294. The fourth-order valence-corrected chi connectivity index (χ4v) is 2.08. The summed E-state index contributed by atoms with van der Waals surface area (Å²) in [6, 6.07) is 9.31. The molecule has 0 aromatic heterocycles. The van der Waals surface area contributed by atoms with Gasteiger partial charge in [0.1, 0.15) is 12.4 Å². The molecule has 2 aromatic rings. The second-order valence-electron chi connectivity index (χ2n) is 4.87. The molecule has 0 aliphatic carbocycles. The van der Waals surface area contributed by atoms with Crippen molar-refractivity contribution in [2.45, 2.75) is 26.1 Å². The highest BCUT2D eigenvalue weighted by molar-refractivity contribution is 5.32. The van der Waals surface area contributed by atoms with Crippen LogP contribution in [0.1, 0.15) is 30.6 Å². The van der Waals surface area contributed by atoms with Crippen LogP contribution < -0.4 is 9.47 Å². The third-order valence-electron chi connectivity index (χ3n) is 3.32. The van der Waals surface area contributed by atoms with Gasteiger partial charge in [-0.1, -0.05) is 19.1 Å². The number of rotatable bonds is 6. The molecule has 118 valence electrons. The van der Waals surface area contributed by atoms with Crippen molar-refractivity contribution in [3.63, 3.8) is 0 Å². The zero-order valence-corrected chi connectivity index (χ0v) is 12.5. The van der Waals surface area contributed by atoms with Gasteiger partial charge >= 0.3 is 0 Å². The van der Waals surface area contributed by atoms with Gasteiger partial charge in [0.25, 0.3) is 0 Å². The zero-order valence-electron chi connectivity index (χ0n) is 12.5. The van der Waals surface area contributed by atoms with Gasteiger partial charge in [0.05, 0.1) is 13.2 Å². The Kier molecular flexibility index (Phi) is 5.33. The Labute approximate surface area is 128 Å². The summed E-state index contributed by atoms with van der Waals surface area (Å²) in [5.41, 5.74) is 1.17. The largest absolute Gasteiger partial charge is 0.491 e. The minimum atomic E-state index is -0.762. The van der Waals surface area contributed by atoms with Crippen LogP contribution in [0, 0.1) is 11.6 Å². The molecule has 0 saturated heterocycles. The van der Waals surface area contributed by atoms with Gasteiger partial charge in [-0.2, -0.15) is 0 Å². The maximum absolute atomic E-state index is 13.6. The third-order valence-corrected chi connectivity index (χ3v) is 3.32. The van der Waals surface area contributed by atoms with E-state index in [0.717, 1.165) is 5.56 Å². The van der Waals surface area contributed by atoms with Crippen molar-refractivity contribution in [3.8, 4) is 11.5 Å². The van der Waals surface area contributed by atoms with Gasteiger partial charge in [0, 0.05) is 0 Å². The molecule has 0 spiro atoms. The second kappa shape index (κ2) is 7.22. The summed E-state index contributed by atoms with van der Waals surface area (Å²) in [7, 11) is 1.21. The van der Waals surface area contributed by atoms with E-state index in [0.29, 0.717) is 17.7 Å². The normalized spacial score (nSPS) is 12.0. The number of halogens is 2. The first-order valence-corrected chi connectivity index (χ1v) is 6.97. The number of hydrogen-bond acceptors (Lipinski definition) is 3. The average molecular weight is 308 g/mol. The van der Waals surface area contributed by atoms with Crippen molar-refractivity contribution >= 4 is 0 Å². The highest BCUT2D eigenvalue weighted by Crippen LogP contribution is 2.24. The van der Waals surface area contributed by atoms with Gasteiger partial charge < -0.3 is 14.6 Å². The predicted molar refractivity (Wildman–Crippen MR) is 78.9 cm³/mol. The van der Waals surface area contributed by atoms with E-state index in [-0.39, 0.29) is 6.61 Å². The summed E-state index contributed by atoms with van der Waals surface area (Å²) in [4.78, 5) is 0. The topological polar surface area (TPSA) is 38.7 Å². The lowest BCUT2D eigenvalue weighted by molar-refractivity contribution is 0.173. The second-order valence-corrected chi connectivity index (χ2v) is 4.87. The molecule has 1 atom stereocenters. The van der Waals surface area contributed by atoms with Gasteiger partial charge in [-0.25, -0.2) is 8.78 Å². The van der Waals surface area contributed by atoms with E-state index < -0.39 is 23.5 Å². The van der Waals surface area contributed by atoms with E-state index in [4.69, 9.17) is 4.74 Å². The molecule has 0 unspecified atom stereocenters. The van der Waals surface area contributed by atoms with Crippen LogP contribution >= 0.6 is 0 Å². The lowest BCUT2D eigenvalue weighted by atomic mass is 10.1. The van der Waals surface area contributed by atoms with Gasteiger partial charge in [-0.3, -0.25) is 0 Å². The van der Waals surface area contributed by atoms with Gasteiger partial charge in [0.15, 0.2) is 17.4 Å². The van der Waals surface area contributed by atoms with Crippen LogP contribution in [0.4, 0.5) is 8.78 Å². The Balaban J connectivity index is 2.04. The van der Waals surface area contributed by atoms with E-state index in [1.807, 2.05) is 6.92 Å². The Hall–Kier alpha value is -2.14. The Bertz CT molecular complexity index is 603. The van der Waals surface area contributed by atoms with Crippen LogP contribution in [0.15, 0.2) is 36.4 Å². The van der Waals surface area contributed by atoms with E-state index >= 15 is 0 Å². The van der Waals surface area contributed by atoms with Crippen molar-refractivity contribution in [1.82, 2.24) is 0 Å². The van der Waals surface area contributed by atoms with Crippen molar-refractivity contribution in [2.24, 2.45) is 0 Å². The standard InChI is InChI=1S/C17H18F2O3/c1-3-16(20)12-4-6-13(7-5-12)22-10-11-8-14(18)17(21-2)15(19)9-11/h4-9,16,20H,3,10H2,1-2H3/t16-/m0/s1. The van der Waals surface area contributed by atoms with Crippen LogP contribution in [0.25, 0.3) is 0 Å². The first-order valence-electron chi connectivity index (χ1n) is 6.97. The maximum Gasteiger partial charge on any atom is 0.190 e. The number of aliphatic hydroxyl groups excluding tert-OH is 1. The summed E-state index contributed by atoms with van der Waals surface area (Å²) in [6.45, 7) is 1.93. The minimum absolute atomic E-state index is 0.0352. The smallest absolute Gasteiger partial charge is 0.190 e. The monoisotopic (exact) mass is 308 g/mol. The first-order chi connectivity index (χ1) is 10.5. The Morgan fingerprint density at radius 2 is 1.68 bits per heavy atom. The number of methoxy groups -OCH3 is 1. The van der Waals surface area contributed by atoms with E-state index in [2.05, 4.69) is 4.74 Å². The minimum Gasteiger partial charge on any atom is -0.491 e. The van der Waals surface area contributed by atoms with E-state index in [1.165, 1.54) is 19.2 Å². The van der Waals surface area contributed by atoms with Crippen LogP contribution in [-0.2, 0) is 6.61 Å². The lowest BCUT2D eigenvalue weighted by Crippen LogP contribution is -2.00. The summed E-state index contributed by atoms with van der Waals surface area (Å²) < 4.78 is 37.3. The molecule has 5 heteroatoms. The lowest BCUT2D eigenvalue weighted by Gasteiger charge is -2.11. The molecule has 22 heavy (non-hydrogen) atoms. The van der Waals surface area contributed by atoms with Crippen molar-refractivity contribution in [1.29, 1.82) is 0 Å². The molecule has 0 heterocycles. The molecule has 2 aromatic carbocycles. The number of benzene rings is 2. The average Bonchev–Trinajstić information content (AvgIpc) is 2.52.